The molecule has 0 bridgehead atoms. The highest BCUT2D eigenvalue weighted by atomic mass is 16.6. The molecule has 1 aliphatic heterocycles. The highest BCUT2D eigenvalue weighted by molar-refractivity contribution is 5.68. The standard InChI is InChI=1S/C22H33N3O2/c1-17(2)25(21(26)27-22(3,4)5)16-20-10-7-11-24(15-20)14-19-9-6-8-18(12-19)13-23/h6,8-9,12,17,20H,7,10-11,14-16H2,1-5H3. The number of rotatable bonds is 5. The third kappa shape index (κ3) is 6.88. The summed E-state index contributed by atoms with van der Waals surface area (Å²) in [6.07, 6.45) is 2.03. The van der Waals surface area contributed by atoms with E-state index in [0.717, 1.165) is 39.0 Å². The van der Waals surface area contributed by atoms with E-state index < -0.39 is 5.60 Å². The van der Waals surface area contributed by atoms with Crippen molar-refractivity contribution >= 4 is 6.09 Å². The van der Waals surface area contributed by atoms with Gasteiger partial charge in [-0.15, -0.1) is 0 Å². The van der Waals surface area contributed by atoms with Gasteiger partial charge < -0.3 is 9.64 Å². The quantitative estimate of drug-likeness (QED) is 0.769. The first-order chi connectivity index (χ1) is 12.7. The Balaban J connectivity index is 1.97. The monoisotopic (exact) mass is 371 g/mol. The molecule has 1 fully saturated rings. The molecule has 1 amide bonds. The van der Waals surface area contributed by atoms with Crippen molar-refractivity contribution in [2.45, 2.75) is 65.6 Å². The summed E-state index contributed by atoms with van der Waals surface area (Å²) in [7, 11) is 0. The molecule has 1 aliphatic rings. The second-order valence-electron chi connectivity index (χ2n) is 8.78. The first kappa shape index (κ1) is 21.2. The van der Waals surface area contributed by atoms with Gasteiger partial charge in [-0.1, -0.05) is 12.1 Å². The van der Waals surface area contributed by atoms with Gasteiger partial charge in [-0.2, -0.15) is 5.26 Å². The molecule has 0 aromatic heterocycles. The van der Waals surface area contributed by atoms with Crippen molar-refractivity contribution in [1.82, 2.24) is 9.80 Å². The van der Waals surface area contributed by atoms with Crippen LogP contribution in [0.3, 0.4) is 0 Å². The first-order valence-corrected chi connectivity index (χ1v) is 9.89. The maximum atomic E-state index is 12.6. The fourth-order valence-corrected chi connectivity index (χ4v) is 3.54. The Labute approximate surface area is 163 Å². The van der Waals surface area contributed by atoms with Crippen LogP contribution in [-0.4, -0.2) is 47.2 Å². The number of carbonyl (C=O) groups is 1. The van der Waals surface area contributed by atoms with Gasteiger partial charge >= 0.3 is 6.09 Å². The van der Waals surface area contributed by atoms with Crippen LogP contribution in [0.5, 0.6) is 0 Å². The lowest BCUT2D eigenvalue weighted by Crippen LogP contribution is -2.46. The minimum atomic E-state index is -0.478. The van der Waals surface area contributed by atoms with E-state index in [1.165, 1.54) is 5.56 Å². The maximum absolute atomic E-state index is 12.6. The Kier molecular flexibility index (Phi) is 7.26. The van der Waals surface area contributed by atoms with E-state index in [-0.39, 0.29) is 12.1 Å². The molecule has 1 aromatic carbocycles. The maximum Gasteiger partial charge on any atom is 0.410 e. The molecule has 1 aromatic rings. The summed E-state index contributed by atoms with van der Waals surface area (Å²) in [5.74, 6) is 0.438. The van der Waals surface area contributed by atoms with Crippen molar-refractivity contribution in [1.29, 1.82) is 5.26 Å². The number of nitriles is 1. The second kappa shape index (κ2) is 9.23. The minimum Gasteiger partial charge on any atom is -0.444 e. The third-order valence-corrected chi connectivity index (χ3v) is 4.77. The Hall–Kier alpha value is -2.06. The summed E-state index contributed by atoms with van der Waals surface area (Å²) < 4.78 is 5.59. The van der Waals surface area contributed by atoms with Crippen LogP contribution in [0.25, 0.3) is 0 Å². The summed E-state index contributed by atoms with van der Waals surface area (Å²) in [4.78, 5) is 16.9. The summed E-state index contributed by atoms with van der Waals surface area (Å²) in [6.45, 7) is 13.4. The molecule has 2 rings (SSSR count). The van der Waals surface area contributed by atoms with E-state index in [1.54, 1.807) is 0 Å². The van der Waals surface area contributed by atoms with Crippen LogP contribution in [0.2, 0.25) is 0 Å². The summed E-state index contributed by atoms with van der Waals surface area (Å²) in [6, 6.07) is 10.1. The van der Waals surface area contributed by atoms with Crippen LogP contribution in [0.15, 0.2) is 24.3 Å². The highest BCUT2D eigenvalue weighted by Gasteiger charge is 2.28. The van der Waals surface area contributed by atoms with Crippen molar-refractivity contribution in [3.05, 3.63) is 35.4 Å². The van der Waals surface area contributed by atoms with Crippen LogP contribution < -0.4 is 0 Å². The third-order valence-electron chi connectivity index (χ3n) is 4.77. The van der Waals surface area contributed by atoms with Gasteiger partial charge in [-0.3, -0.25) is 4.90 Å². The molecule has 0 N–H and O–H groups in total. The molecule has 0 radical (unpaired) electrons. The topological polar surface area (TPSA) is 56.6 Å². The highest BCUT2D eigenvalue weighted by Crippen LogP contribution is 2.22. The lowest BCUT2D eigenvalue weighted by Gasteiger charge is -2.37. The number of nitrogens with zero attached hydrogens (tertiary/aromatic N) is 3. The fraction of sp³-hybridized carbons (Fsp3) is 0.636. The molecular weight excluding hydrogens is 338 g/mol. The molecule has 5 heteroatoms. The van der Waals surface area contributed by atoms with Gasteiger partial charge in [0.15, 0.2) is 0 Å². The SMILES string of the molecule is CC(C)N(CC1CCCN(Cc2cccc(C#N)c2)C1)C(=O)OC(C)(C)C. The molecule has 148 valence electrons. The summed E-state index contributed by atoms with van der Waals surface area (Å²) in [5.41, 5.74) is 1.40. The van der Waals surface area contributed by atoms with E-state index in [1.807, 2.05) is 57.7 Å². The first-order valence-electron chi connectivity index (χ1n) is 9.89. The Morgan fingerprint density at radius 3 is 2.78 bits per heavy atom. The average molecular weight is 372 g/mol. The number of piperidine rings is 1. The summed E-state index contributed by atoms with van der Waals surface area (Å²) >= 11 is 0. The zero-order chi connectivity index (χ0) is 20.0. The van der Waals surface area contributed by atoms with Crippen molar-refractivity contribution in [3.63, 3.8) is 0 Å². The predicted octanol–water partition coefficient (Wildman–Crippen LogP) is 4.42. The average Bonchev–Trinajstić information content (AvgIpc) is 2.58. The van der Waals surface area contributed by atoms with Gasteiger partial charge in [-0.05, 0) is 77.6 Å². The Morgan fingerprint density at radius 1 is 1.41 bits per heavy atom. The van der Waals surface area contributed by atoms with Crippen LogP contribution >= 0.6 is 0 Å². The summed E-state index contributed by atoms with van der Waals surface area (Å²) in [5, 5.41) is 9.08. The minimum absolute atomic E-state index is 0.113. The number of benzene rings is 1. The molecular formula is C22H33N3O2. The number of hydrogen-bond donors (Lipinski definition) is 0. The van der Waals surface area contributed by atoms with Crippen molar-refractivity contribution < 1.29 is 9.53 Å². The van der Waals surface area contributed by atoms with Gasteiger partial charge in [0.2, 0.25) is 0 Å². The van der Waals surface area contributed by atoms with E-state index in [9.17, 15) is 4.79 Å². The molecule has 5 nitrogen and oxygen atoms in total. The second-order valence-corrected chi connectivity index (χ2v) is 8.78. The van der Waals surface area contributed by atoms with E-state index in [4.69, 9.17) is 10.00 Å². The Morgan fingerprint density at radius 2 is 2.15 bits per heavy atom. The molecule has 27 heavy (non-hydrogen) atoms. The van der Waals surface area contributed by atoms with Crippen LogP contribution in [0.4, 0.5) is 4.79 Å². The number of likely N-dealkylation sites (tertiary alicyclic amines) is 1. The number of amides is 1. The lowest BCUT2D eigenvalue weighted by atomic mass is 9.96. The van der Waals surface area contributed by atoms with Gasteiger partial charge in [0.1, 0.15) is 5.60 Å². The van der Waals surface area contributed by atoms with E-state index in [2.05, 4.69) is 17.0 Å². The largest absolute Gasteiger partial charge is 0.444 e. The number of carbonyl (C=O) groups excluding carboxylic acids is 1. The fourth-order valence-electron chi connectivity index (χ4n) is 3.54. The zero-order valence-corrected chi connectivity index (χ0v) is 17.4. The molecule has 1 saturated heterocycles. The molecule has 1 atom stereocenters. The van der Waals surface area contributed by atoms with E-state index in [0.29, 0.717) is 11.5 Å². The Bertz CT molecular complexity index is 673. The van der Waals surface area contributed by atoms with Gasteiger partial charge in [0.05, 0.1) is 11.6 Å². The predicted molar refractivity (Wildman–Crippen MR) is 107 cm³/mol. The lowest BCUT2D eigenvalue weighted by molar-refractivity contribution is 0.0118. The van der Waals surface area contributed by atoms with Gasteiger partial charge in [0.25, 0.3) is 0 Å². The van der Waals surface area contributed by atoms with Crippen LogP contribution in [-0.2, 0) is 11.3 Å². The molecule has 0 spiro atoms. The smallest absolute Gasteiger partial charge is 0.410 e. The van der Waals surface area contributed by atoms with E-state index >= 15 is 0 Å². The van der Waals surface area contributed by atoms with Crippen LogP contribution in [0.1, 0.15) is 58.6 Å². The number of ether oxygens (including phenoxy) is 1. The molecule has 1 heterocycles. The van der Waals surface area contributed by atoms with Crippen molar-refractivity contribution in [3.8, 4) is 6.07 Å². The molecule has 1 unspecified atom stereocenters. The van der Waals surface area contributed by atoms with Crippen LogP contribution in [0, 0.1) is 17.2 Å². The van der Waals surface area contributed by atoms with Crippen molar-refractivity contribution in [2.75, 3.05) is 19.6 Å². The van der Waals surface area contributed by atoms with Gasteiger partial charge in [-0.25, -0.2) is 4.79 Å². The molecule has 0 saturated carbocycles. The molecule has 0 aliphatic carbocycles. The van der Waals surface area contributed by atoms with Crippen molar-refractivity contribution in [2.24, 2.45) is 5.92 Å². The normalized spacial score (nSPS) is 18.2. The van der Waals surface area contributed by atoms with Gasteiger partial charge in [0, 0.05) is 25.7 Å². The number of hydrogen-bond acceptors (Lipinski definition) is 4. The zero-order valence-electron chi connectivity index (χ0n) is 17.4.